The average Bonchev–Trinajstić information content (AvgIpc) is 1.00. The Kier molecular flexibility index (Phi) is 299. The van der Waals surface area contributed by atoms with Gasteiger partial charge in [-0.05, 0) is 0 Å². The van der Waals surface area contributed by atoms with Gasteiger partial charge in [-0.25, -0.2) is 0 Å². The van der Waals surface area contributed by atoms with Crippen molar-refractivity contribution in [3.8, 4) is 0 Å². The van der Waals surface area contributed by atoms with Gasteiger partial charge in [-0.3, -0.25) is 0 Å². The summed E-state index contributed by atoms with van der Waals surface area (Å²) >= 11 is 0. The first-order valence-electron chi connectivity index (χ1n) is 0.224. The molecule has 0 atom stereocenters. The molecule has 0 aliphatic rings. The fourth-order valence-corrected chi connectivity index (χ4v) is 0. The van der Waals surface area contributed by atoms with Crippen LogP contribution in [0.5, 0.6) is 0 Å². The van der Waals surface area contributed by atoms with Gasteiger partial charge in [-0.2, -0.15) is 0 Å². The minimum atomic E-state index is 0. The Hall–Kier alpha value is 0.711. The Balaban J connectivity index is -0.00000000500. The summed E-state index contributed by atoms with van der Waals surface area (Å²) in [7, 11) is 0. The van der Waals surface area contributed by atoms with Crippen LogP contribution < -0.4 is 0 Å². The van der Waals surface area contributed by atoms with E-state index in [9.17, 15) is 0 Å². The van der Waals surface area contributed by atoms with Crippen LogP contribution in [-0.4, -0.2) is 0 Å². The van der Waals surface area contributed by atoms with Crippen LogP contribution in [-0.2, 0) is 38.5 Å². The third kappa shape index (κ3) is 15.7. The molecule has 1 nitrogen and oxygen atoms in total. The van der Waals surface area contributed by atoms with E-state index in [0.717, 1.165) is 0 Å². The second kappa shape index (κ2) is 54.0. The van der Waals surface area contributed by atoms with Gasteiger partial charge in [-0.1, -0.05) is 0 Å². The molecule has 0 fully saturated rings. The summed E-state index contributed by atoms with van der Waals surface area (Å²) in [6.07, 6.45) is 0. The standard InChI is InChI=1S/CN.Co.Ti/c1-2;;/q-1;;. The Labute approximate surface area is 50.5 Å². The van der Waals surface area contributed by atoms with Crippen molar-refractivity contribution in [2.24, 2.45) is 0 Å². The average molecular weight is 133 g/mol. The summed E-state index contributed by atoms with van der Waals surface area (Å²) in [5.74, 6) is 0. The molecular weight excluding hydrogens is 133 g/mol. The molecular formula is CCoNTi-. The maximum atomic E-state index is 6.25. The molecule has 1 radical (unpaired) electrons. The summed E-state index contributed by atoms with van der Waals surface area (Å²) in [4.78, 5) is 0. The zero-order valence-corrected chi connectivity index (χ0v) is 4.38. The molecule has 0 unspecified atom stereocenters. The molecule has 0 aliphatic carbocycles. The van der Waals surface area contributed by atoms with Crippen molar-refractivity contribution < 1.29 is 38.5 Å². The first-order chi connectivity index (χ1) is 1.00. The predicted octanol–water partition coefficient (Wildman–Crippen LogP) is 0.0914. The Bertz CT molecular complexity index is 12.8. The van der Waals surface area contributed by atoms with Gasteiger partial charge in [0.1, 0.15) is 0 Å². The zero-order valence-electron chi connectivity index (χ0n) is 1.78. The van der Waals surface area contributed by atoms with Crippen molar-refractivity contribution in [3.63, 3.8) is 0 Å². The van der Waals surface area contributed by atoms with E-state index in [-0.39, 0.29) is 38.5 Å². The molecule has 0 saturated carbocycles. The molecule has 0 saturated heterocycles. The van der Waals surface area contributed by atoms with Crippen molar-refractivity contribution in [1.29, 1.82) is 5.26 Å². The summed E-state index contributed by atoms with van der Waals surface area (Å²) in [6.45, 7) is 4.75. The summed E-state index contributed by atoms with van der Waals surface area (Å²) in [5.41, 5.74) is 0. The predicted molar refractivity (Wildman–Crippen MR) is 4.97 cm³/mol. The van der Waals surface area contributed by atoms with Crippen LogP contribution in [0.1, 0.15) is 0 Å². The van der Waals surface area contributed by atoms with Gasteiger partial charge in [0, 0.05) is 38.5 Å². The third-order valence-electron chi connectivity index (χ3n) is 0. The number of rotatable bonds is 0. The largest absolute Gasteiger partial charge is 0.512 e. The molecule has 4 heavy (non-hydrogen) atoms. The minimum Gasteiger partial charge on any atom is -0.512 e. The van der Waals surface area contributed by atoms with E-state index in [1.807, 2.05) is 0 Å². The zero-order chi connectivity index (χ0) is 2.00. The van der Waals surface area contributed by atoms with Crippen LogP contribution in [0.3, 0.4) is 0 Å². The van der Waals surface area contributed by atoms with E-state index in [4.69, 9.17) is 11.8 Å². The maximum absolute atomic E-state index is 6.25. The van der Waals surface area contributed by atoms with Crippen molar-refractivity contribution in [1.82, 2.24) is 0 Å². The summed E-state index contributed by atoms with van der Waals surface area (Å²) in [5, 5.41) is 6.25. The van der Waals surface area contributed by atoms with Crippen LogP contribution in [0.4, 0.5) is 0 Å². The Morgan fingerprint density at radius 2 is 1.25 bits per heavy atom. The first-order valence-corrected chi connectivity index (χ1v) is 0.224. The second-order valence-electron chi connectivity index (χ2n) is 0. The van der Waals surface area contributed by atoms with Gasteiger partial charge in [-0.15, -0.1) is 0 Å². The van der Waals surface area contributed by atoms with Crippen molar-refractivity contribution in [2.45, 2.75) is 0 Å². The maximum Gasteiger partial charge on any atom is 0 e. The van der Waals surface area contributed by atoms with E-state index in [1.54, 1.807) is 0 Å². The number of hydrogen-bond donors (Lipinski definition) is 0. The normalized spacial score (nSPS) is 0.500. The monoisotopic (exact) mass is 133 g/mol. The SMILES string of the molecule is [C-]#N.[Co].[Ti]. The number of nitrogens with zero attached hydrogens (tertiary/aromatic N) is 1. The number of hydrogen-bond acceptors (Lipinski definition) is 1. The van der Waals surface area contributed by atoms with E-state index in [0.29, 0.717) is 0 Å². The Morgan fingerprint density at radius 3 is 1.25 bits per heavy atom. The van der Waals surface area contributed by atoms with E-state index in [1.165, 1.54) is 0 Å². The van der Waals surface area contributed by atoms with Gasteiger partial charge in [0.2, 0.25) is 0 Å². The molecule has 0 aromatic heterocycles. The molecule has 0 N–H and O–H groups in total. The van der Waals surface area contributed by atoms with Gasteiger partial charge in [0.25, 0.3) is 0 Å². The fraction of sp³-hybridized carbons (Fsp3) is 0. The summed E-state index contributed by atoms with van der Waals surface area (Å²) < 4.78 is 0. The van der Waals surface area contributed by atoms with Crippen molar-refractivity contribution >= 4 is 0 Å². The van der Waals surface area contributed by atoms with Crippen LogP contribution in [0.25, 0.3) is 0 Å². The molecule has 0 rings (SSSR count). The van der Waals surface area contributed by atoms with Gasteiger partial charge >= 0.3 is 0 Å². The van der Waals surface area contributed by atoms with Gasteiger partial charge < -0.3 is 11.8 Å². The van der Waals surface area contributed by atoms with E-state index in [2.05, 4.69) is 0 Å². The first kappa shape index (κ1) is 22.2. The van der Waals surface area contributed by atoms with Crippen LogP contribution in [0.15, 0.2) is 0 Å². The minimum absolute atomic E-state index is 0. The molecule has 0 heterocycles. The van der Waals surface area contributed by atoms with E-state index >= 15 is 0 Å². The topological polar surface area (TPSA) is 23.8 Å². The van der Waals surface area contributed by atoms with Crippen molar-refractivity contribution in [2.75, 3.05) is 0 Å². The molecule has 0 amide bonds. The van der Waals surface area contributed by atoms with Crippen molar-refractivity contribution in [3.05, 3.63) is 6.57 Å². The molecule has 0 aliphatic heterocycles. The fourth-order valence-electron chi connectivity index (χ4n) is 0. The molecule has 0 aromatic rings. The molecule has 3 heteroatoms. The van der Waals surface area contributed by atoms with Crippen LogP contribution in [0, 0.1) is 11.8 Å². The van der Waals surface area contributed by atoms with E-state index < -0.39 is 0 Å². The van der Waals surface area contributed by atoms with Gasteiger partial charge in [0.05, 0.1) is 0 Å². The third-order valence-corrected chi connectivity index (χ3v) is 0. The second-order valence-corrected chi connectivity index (χ2v) is 0. The molecule has 0 bridgehead atoms. The molecule has 0 aromatic carbocycles. The summed E-state index contributed by atoms with van der Waals surface area (Å²) in [6, 6.07) is 0. The van der Waals surface area contributed by atoms with Crippen LogP contribution in [0.2, 0.25) is 0 Å². The smallest absolute Gasteiger partial charge is 0 e. The Morgan fingerprint density at radius 1 is 1.25 bits per heavy atom. The van der Waals surface area contributed by atoms with Gasteiger partial charge in [0.15, 0.2) is 0 Å². The molecule has 0 spiro atoms. The quantitative estimate of drug-likeness (QED) is 0.339. The van der Waals surface area contributed by atoms with Crippen LogP contribution >= 0.6 is 0 Å². The molecule has 23 valence electrons.